The SMILES string of the molecule is CC(=O)n1ncc2c(OCC3CO3)cc(C(C)(C)C)cc21. The molecule has 1 unspecified atom stereocenters. The van der Waals surface area contributed by atoms with Crippen LogP contribution in [0, 0.1) is 0 Å². The van der Waals surface area contributed by atoms with E-state index in [1.807, 2.05) is 12.1 Å². The topological polar surface area (TPSA) is 56.7 Å². The number of hydrogen-bond acceptors (Lipinski definition) is 4. The molecule has 21 heavy (non-hydrogen) atoms. The lowest BCUT2D eigenvalue weighted by molar-refractivity contribution is 0.0926. The van der Waals surface area contributed by atoms with Crippen molar-refractivity contribution in [1.29, 1.82) is 0 Å². The van der Waals surface area contributed by atoms with Gasteiger partial charge in [0.15, 0.2) is 0 Å². The molecular weight excluding hydrogens is 268 g/mol. The largest absolute Gasteiger partial charge is 0.490 e. The molecule has 1 fully saturated rings. The number of hydrogen-bond donors (Lipinski definition) is 0. The molecule has 1 aromatic carbocycles. The van der Waals surface area contributed by atoms with E-state index >= 15 is 0 Å². The van der Waals surface area contributed by atoms with E-state index in [2.05, 4.69) is 25.9 Å². The first-order valence-electron chi connectivity index (χ1n) is 7.14. The summed E-state index contributed by atoms with van der Waals surface area (Å²) < 4.78 is 12.5. The lowest BCUT2D eigenvalue weighted by Crippen LogP contribution is -2.13. The first-order chi connectivity index (χ1) is 9.86. The Balaban J connectivity index is 2.11. The van der Waals surface area contributed by atoms with Gasteiger partial charge in [-0.2, -0.15) is 5.10 Å². The Morgan fingerprint density at radius 3 is 2.76 bits per heavy atom. The summed E-state index contributed by atoms with van der Waals surface area (Å²) in [5, 5.41) is 5.04. The van der Waals surface area contributed by atoms with Crippen molar-refractivity contribution in [2.75, 3.05) is 13.2 Å². The second-order valence-electron chi connectivity index (χ2n) is 6.50. The highest BCUT2D eigenvalue weighted by atomic mass is 16.6. The van der Waals surface area contributed by atoms with Gasteiger partial charge in [-0.3, -0.25) is 4.79 Å². The van der Waals surface area contributed by atoms with Gasteiger partial charge in [0.25, 0.3) is 0 Å². The van der Waals surface area contributed by atoms with Crippen LogP contribution in [0.2, 0.25) is 0 Å². The molecule has 1 aromatic heterocycles. The molecular formula is C16H20N2O3. The minimum atomic E-state index is -0.104. The minimum absolute atomic E-state index is 0.0335. The van der Waals surface area contributed by atoms with Crippen LogP contribution in [0.5, 0.6) is 5.75 Å². The third-order valence-electron chi connectivity index (χ3n) is 3.64. The summed E-state index contributed by atoms with van der Waals surface area (Å²) in [6, 6.07) is 4.06. The van der Waals surface area contributed by atoms with Crippen molar-refractivity contribution < 1.29 is 14.3 Å². The minimum Gasteiger partial charge on any atom is -0.490 e. The van der Waals surface area contributed by atoms with Crippen LogP contribution in [-0.2, 0) is 10.2 Å². The Hall–Kier alpha value is -1.88. The van der Waals surface area contributed by atoms with Crippen molar-refractivity contribution in [1.82, 2.24) is 9.78 Å². The smallest absolute Gasteiger partial charge is 0.244 e. The molecule has 0 radical (unpaired) electrons. The number of ether oxygens (including phenoxy) is 2. The molecule has 5 heteroatoms. The van der Waals surface area contributed by atoms with Crippen LogP contribution in [0.3, 0.4) is 0 Å². The van der Waals surface area contributed by atoms with Crippen LogP contribution in [0.1, 0.15) is 38.1 Å². The fraction of sp³-hybridized carbons (Fsp3) is 0.500. The first kappa shape index (κ1) is 14.1. The molecule has 0 bridgehead atoms. The Morgan fingerprint density at radius 2 is 2.19 bits per heavy atom. The van der Waals surface area contributed by atoms with Crippen LogP contribution in [0.4, 0.5) is 0 Å². The van der Waals surface area contributed by atoms with Crippen LogP contribution in [0.25, 0.3) is 10.9 Å². The van der Waals surface area contributed by atoms with Gasteiger partial charge in [0.05, 0.1) is 23.7 Å². The van der Waals surface area contributed by atoms with E-state index in [9.17, 15) is 4.79 Å². The number of aromatic nitrogens is 2. The second kappa shape index (κ2) is 4.84. The molecule has 0 aliphatic carbocycles. The Morgan fingerprint density at radius 1 is 1.48 bits per heavy atom. The zero-order valence-electron chi connectivity index (χ0n) is 12.8. The van der Waals surface area contributed by atoms with E-state index in [1.165, 1.54) is 11.6 Å². The molecule has 0 spiro atoms. The van der Waals surface area contributed by atoms with Crippen LogP contribution >= 0.6 is 0 Å². The van der Waals surface area contributed by atoms with Gasteiger partial charge in [0, 0.05) is 6.92 Å². The quantitative estimate of drug-likeness (QED) is 0.815. The third kappa shape index (κ3) is 2.78. The molecule has 2 aromatic rings. The Bertz CT molecular complexity index is 693. The summed E-state index contributed by atoms with van der Waals surface area (Å²) in [6.45, 7) is 9.21. The van der Waals surface area contributed by atoms with Crippen molar-refractivity contribution >= 4 is 16.8 Å². The Kier molecular flexibility index (Phi) is 3.24. The standard InChI is InChI=1S/C16H20N2O3/c1-10(19)18-14-5-11(16(2,3)4)6-15(13(14)7-17-18)21-9-12-8-20-12/h5-7,12H,8-9H2,1-4H3. The van der Waals surface area contributed by atoms with Crippen molar-refractivity contribution in [3.05, 3.63) is 23.9 Å². The van der Waals surface area contributed by atoms with E-state index in [1.54, 1.807) is 6.20 Å². The molecule has 5 nitrogen and oxygen atoms in total. The third-order valence-corrected chi connectivity index (χ3v) is 3.64. The van der Waals surface area contributed by atoms with Crippen molar-refractivity contribution in [3.63, 3.8) is 0 Å². The summed E-state index contributed by atoms with van der Waals surface area (Å²) >= 11 is 0. The van der Waals surface area contributed by atoms with Gasteiger partial charge < -0.3 is 9.47 Å². The highest BCUT2D eigenvalue weighted by molar-refractivity contribution is 5.93. The zero-order chi connectivity index (χ0) is 15.2. The molecule has 1 aliphatic rings. The normalized spacial score (nSPS) is 18.0. The molecule has 0 N–H and O–H groups in total. The summed E-state index contributed by atoms with van der Waals surface area (Å²) in [6.07, 6.45) is 1.88. The van der Waals surface area contributed by atoms with Crippen molar-refractivity contribution in [3.8, 4) is 5.75 Å². The first-order valence-corrected chi connectivity index (χ1v) is 7.14. The average molecular weight is 288 g/mol. The molecule has 2 heterocycles. The summed E-state index contributed by atoms with van der Waals surface area (Å²) in [5.74, 6) is 0.660. The van der Waals surface area contributed by atoms with Gasteiger partial charge in [-0.05, 0) is 23.1 Å². The van der Waals surface area contributed by atoms with Crippen molar-refractivity contribution in [2.45, 2.75) is 39.2 Å². The molecule has 0 amide bonds. The maximum Gasteiger partial charge on any atom is 0.244 e. The average Bonchev–Trinajstić information content (AvgIpc) is 3.11. The molecule has 1 saturated heterocycles. The van der Waals surface area contributed by atoms with Crippen molar-refractivity contribution in [2.24, 2.45) is 0 Å². The number of rotatable bonds is 3. The van der Waals surface area contributed by atoms with Gasteiger partial charge in [0.1, 0.15) is 18.5 Å². The van der Waals surface area contributed by atoms with Gasteiger partial charge in [-0.15, -0.1) is 0 Å². The fourth-order valence-electron chi connectivity index (χ4n) is 2.24. The number of epoxide rings is 1. The van der Waals surface area contributed by atoms with E-state index in [-0.39, 0.29) is 17.4 Å². The van der Waals surface area contributed by atoms with E-state index < -0.39 is 0 Å². The Labute approximate surface area is 123 Å². The van der Waals surface area contributed by atoms with E-state index in [0.717, 1.165) is 28.8 Å². The lowest BCUT2D eigenvalue weighted by Gasteiger charge is -2.20. The van der Waals surface area contributed by atoms with E-state index in [4.69, 9.17) is 9.47 Å². The monoisotopic (exact) mass is 288 g/mol. The lowest BCUT2D eigenvalue weighted by atomic mass is 9.86. The zero-order valence-corrected chi connectivity index (χ0v) is 12.8. The van der Waals surface area contributed by atoms with Gasteiger partial charge >= 0.3 is 0 Å². The summed E-state index contributed by atoms with van der Waals surface area (Å²) in [4.78, 5) is 11.7. The number of nitrogens with zero attached hydrogens (tertiary/aromatic N) is 2. The summed E-state index contributed by atoms with van der Waals surface area (Å²) in [7, 11) is 0. The van der Waals surface area contributed by atoms with Crippen LogP contribution in [-0.4, -0.2) is 35.0 Å². The van der Waals surface area contributed by atoms with Gasteiger partial charge in [-0.25, -0.2) is 4.68 Å². The molecule has 112 valence electrons. The maximum absolute atomic E-state index is 11.7. The second-order valence-corrected chi connectivity index (χ2v) is 6.50. The van der Waals surface area contributed by atoms with Crippen LogP contribution < -0.4 is 4.74 Å². The highest BCUT2D eigenvalue weighted by Crippen LogP contribution is 2.33. The predicted molar refractivity (Wildman–Crippen MR) is 80.0 cm³/mol. The highest BCUT2D eigenvalue weighted by Gasteiger charge is 2.25. The number of benzene rings is 1. The van der Waals surface area contributed by atoms with E-state index in [0.29, 0.717) is 6.61 Å². The van der Waals surface area contributed by atoms with Crippen LogP contribution in [0.15, 0.2) is 18.3 Å². The summed E-state index contributed by atoms with van der Waals surface area (Å²) in [5.41, 5.74) is 1.88. The molecule has 1 aliphatic heterocycles. The fourth-order valence-corrected chi connectivity index (χ4v) is 2.24. The molecule has 3 rings (SSSR count). The molecule has 0 saturated carbocycles. The van der Waals surface area contributed by atoms with Gasteiger partial charge in [-0.1, -0.05) is 20.8 Å². The molecule has 1 atom stereocenters. The number of carbonyl (C=O) groups excluding carboxylic acids is 1. The number of fused-ring (bicyclic) bond motifs is 1. The van der Waals surface area contributed by atoms with Gasteiger partial charge in [0.2, 0.25) is 5.91 Å². The predicted octanol–water partition coefficient (Wildman–Crippen LogP) is 2.77. The number of carbonyl (C=O) groups is 1. The maximum atomic E-state index is 11.7.